The first-order valence-corrected chi connectivity index (χ1v) is 11.0. The van der Waals surface area contributed by atoms with Crippen LogP contribution in [0.5, 0.6) is 0 Å². The van der Waals surface area contributed by atoms with Gasteiger partial charge in [-0.1, -0.05) is 40.2 Å². The number of nitro groups is 1. The molecule has 1 aliphatic heterocycles. The Morgan fingerprint density at radius 1 is 1.07 bits per heavy atom. The lowest BCUT2D eigenvalue weighted by Crippen LogP contribution is -2.50. The van der Waals surface area contributed by atoms with Crippen LogP contribution in [0.1, 0.15) is 5.56 Å². The van der Waals surface area contributed by atoms with Crippen molar-refractivity contribution in [3.05, 3.63) is 74.8 Å². The van der Waals surface area contributed by atoms with Gasteiger partial charge in [-0.05, 0) is 29.8 Å². The van der Waals surface area contributed by atoms with Crippen LogP contribution >= 0.6 is 15.9 Å². The third-order valence-corrected chi connectivity index (χ3v) is 6.94. The maximum Gasteiger partial charge on any atom is 0.289 e. The third kappa shape index (κ3) is 4.89. The first kappa shape index (κ1) is 21.2. The average molecular weight is 480 g/mol. The Kier molecular flexibility index (Phi) is 6.46. The van der Waals surface area contributed by atoms with Gasteiger partial charge in [0.25, 0.3) is 5.69 Å². The number of nitro benzene ring substituents is 1. The van der Waals surface area contributed by atoms with Gasteiger partial charge in [-0.25, -0.2) is 8.42 Å². The zero-order valence-corrected chi connectivity index (χ0v) is 17.7. The number of para-hydroxylation sites is 1. The van der Waals surface area contributed by atoms with E-state index >= 15 is 0 Å². The highest BCUT2D eigenvalue weighted by Crippen LogP contribution is 2.27. The minimum atomic E-state index is -4.02. The highest BCUT2D eigenvalue weighted by molar-refractivity contribution is 9.10. The minimum Gasteiger partial charge on any atom is -0.337 e. The number of rotatable bonds is 5. The van der Waals surface area contributed by atoms with Crippen molar-refractivity contribution in [1.82, 2.24) is 9.21 Å². The number of amides is 1. The fourth-order valence-electron chi connectivity index (χ4n) is 3.00. The van der Waals surface area contributed by atoms with Crippen molar-refractivity contribution >= 4 is 43.6 Å². The fraction of sp³-hybridized carbons (Fsp3) is 0.211. The third-order valence-electron chi connectivity index (χ3n) is 4.50. The first-order valence-electron chi connectivity index (χ1n) is 8.75. The molecule has 2 aromatic carbocycles. The molecule has 0 spiro atoms. The predicted molar refractivity (Wildman–Crippen MR) is 112 cm³/mol. The first-order chi connectivity index (χ1) is 13.8. The molecule has 10 heteroatoms. The Balaban J connectivity index is 1.67. The Morgan fingerprint density at radius 3 is 2.41 bits per heavy atom. The molecule has 0 atom stereocenters. The molecule has 1 saturated heterocycles. The largest absolute Gasteiger partial charge is 0.337 e. The molecule has 8 nitrogen and oxygen atoms in total. The van der Waals surface area contributed by atoms with Crippen molar-refractivity contribution in [3.63, 3.8) is 0 Å². The summed E-state index contributed by atoms with van der Waals surface area (Å²) in [5.41, 5.74) is 0.410. The van der Waals surface area contributed by atoms with Gasteiger partial charge in [-0.15, -0.1) is 0 Å². The number of carbonyl (C=O) groups is 1. The molecule has 0 radical (unpaired) electrons. The number of piperazine rings is 1. The number of halogens is 1. The van der Waals surface area contributed by atoms with E-state index in [-0.39, 0.29) is 37.0 Å². The highest BCUT2D eigenvalue weighted by Gasteiger charge is 2.34. The molecular weight excluding hydrogens is 462 g/mol. The van der Waals surface area contributed by atoms with Crippen molar-refractivity contribution in [1.29, 1.82) is 0 Å². The summed E-state index contributed by atoms with van der Waals surface area (Å²) in [6.45, 7) is 0.568. The monoisotopic (exact) mass is 479 g/mol. The van der Waals surface area contributed by atoms with Crippen LogP contribution in [-0.4, -0.2) is 54.6 Å². The van der Waals surface area contributed by atoms with Crippen molar-refractivity contribution in [2.24, 2.45) is 0 Å². The Labute approximate surface area is 176 Å². The van der Waals surface area contributed by atoms with Crippen LogP contribution in [-0.2, 0) is 14.8 Å². The van der Waals surface area contributed by atoms with E-state index in [0.29, 0.717) is 0 Å². The number of hydrogen-bond acceptors (Lipinski definition) is 5. The normalized spacial score (nSPS) is 15.6. The number of hydrogen-bond donors (Lipinski definition) is 0. The van der Waals surface area contributed by atoms with Crippen molar-refractivity contribution in [2.45, 2.75) is 4.90 Å². The van der Waals surface area contributed by atoms with E-state index in [1.807, 2.05) is 24.3 Å². The van der Waals surface area contributed by atoms with Gasteiger partial charge in [0.1, 0.15) is 0 Å². The van der Waals surface area contributed by atoms with E-state index in [2.05, 4.69) is 15.9 Å². The standard InChI is InChI=1S/C19H18BrN3O5S/c20-16-5-3-4-15(14-16)8-9-19(24)21-10-12-22(13-11-21)29(27,28)18-7-2-1-6-17(18)23(25)26/h1-9,14H,10-13H2/b9-8+. The summed E-state index contributed by atoms with van der Waals surface area (Å²) in [6.07, 6.45) is 3.15. The van der Waals surface area contributed by atoms with E-state index in [1.54, 1.807) is 11.0 Å². The fourth-order valence-corrected chi connectivity index (χ4v) is 4.99. The molecule has 0 saturated carbocycles. The molecule has 1 heterocycles. The summed E-state index contributed by atoms with van der Waals surface area (Å²) in [4.78, 5) is 24.1. The van der Waals surface area contributed by atoms with Crippen LogP contribution in [0.2, 0.25) is 0 Å². The van der Waals surface area contributed by atoms with E-state index in [1.165, 1.54) is 34.6 Å². The Morgan fingerprint density at radius 2 is 1.76 bits per heavy atom. The Hall–Kier alpha value is -2.56. The van der Waals surface area contributed by atoms with Crippen LogP contribution in [0.3, 0.4) is 0 Å². The summed E-state index contributed by atoms with van der Waals surface area (Å²) in [6, 6.07) is 12.8. The maximum atomic E-state index is 12.8. The topological polar surface area (TPSA) is 101 Å². The average Bonchev–Trinajstić information content (AvgIpc) is 2.72. The predicted octanol–water partition coefficient (Wildman–Crippen LogP) is 2.90. The van der Waals surface area contributed by atoms with Gasteiger partial charge in [0.15, 0.2) is 4.90 Å². The smallest absolute Gasteiger partial charge is 0.289 e. The van der Waals surface area contributed by atoms with Crippen molar-refractivity contribution < 1.29 is 18.1 Å². The summed E-state index contributed by atoms with van der Waals surface area (Å²) in [5.74, 6) is -0.215. The molecule has 0 bridgehead atoms. The van der Waals surface area contributed by atoms with E-state index in [4.69, 9.17) is 0 Å². The lowest BCUT2D eigenvalue weighted by atomic mass is 10.2. The van der Waals surface area contributed by atoms with Crippen LogP contribution in [0.15, 0.2) is 64.0 Å². The van der Waals surface area contributed by atoms with Gasteiger partial charge in [0, 0.05) is 42.8 Å². The van der Waals surface area contributed by atoms with Crippen LogP contribution in [0.4, 0.5) is 5.69 Å². The molecule has 0 N–H and O–H groups in total. The van der Waals surface area contributed by atoms with Gasteiger partial charge < -0.3 is 4.90 Å². The van der Waals surface area contributed by atoms with Gasteiger partial charge in [0.05, 0.1) is 4.92 Å². The maximum absolute atomic E-state index is 12.8. The van der Waals surface area contributed by atoms with Gasteiger partial charge >= 0.3 is 0 Å². The quantitative estimate of drug-likeness (QED) is 0.372. The lowest BCUT2D eigenvalue weighted by Gasteiger charge is -2.33. The summed E-state index contributed by atoms with van der Waals surface area (Å²) < 4.78 is 27.7. The molecule has 3 rings (SSSR count). The second-order valence-corrected chi connectivity index (χ2v) is 9.16. The molecule has 29 heavy (non-hydrogen) atoms. The SMILES string of the molecule is O=C(/C=C/c1cccc(Br)c1)N1CCN(S(=O)(=O)c2ccccc2[N+](=O)[O-])CC1. The second-order valence-electron chi connectivity index (χ2n) is 6.34. The number of sulfonamides is 1. The molecule has 152 valence electrons. The molecular formula is C19H18BrN3O5S. The van der Waals surface area contributed by atoms with Crippen LogP contribution < -0.4 is 0 Å². The van der Waals surface area contributed by atoms with Gasteiger partial charge in [-0.3, -0.25) is 14.9 Å². The molecule has 0 aliphatic carbocycles. The molecule has 1 amide bonds. The number of carbonyl (C=O) groups excluding carboxylic acids is 1. The number of nitrogens with zero attached hydrogens (tertiary/aromatic N) is 3. The number of benzene rings is 2. The molecule has 0 unspecified atom stereocenters. The molecule has 2 aromatic rings. The summed E-state index contributed by atoms with van der Waals surface area (Å²) in [7, 11) is -4.02. The zero-order chi connectivity index (χ0) is 21.0. The van der Waals surface area contributed by atoms with Crippen LogP contribution in [0, 0.1) is 10.1 Å². The van der Waals surface area contributed by atoms with Gasteiger partial charge in [0.2, 0.25) is 15.9 Å². The minimum absolute atomic E-state index is 0.0743. The molecule has 1 fully saturated rings. The highest BCUT2D eigenvalue weighted by atomic mass is 79.9. The summed E-state index contributed by atoms with van der Waals surface area (Å²) >= 11 is 3.37. The Bertz CT molecular complexity index is 1060. The van der Waals surface area contributed by atoms with Gasteiger partial charge in [-0.2, -0.15) is 4.31 Å². The van der Waals surface area contributed by atoms with Crippen molar-refractivity contribution in [3.8, 4) is 0 Å². The molecule has 0 aromatic heterocycles. The second kappa shape index (κ2) is 8.85. The van der Waals surface area contributed by atoms with Crippen molar-refractivity contribution in [2.75, 3.05) is 26.2 Å². The van der Waals surface area contributed by atoms with E-state index in [0.717, 1.165) is 10.0 Å². The zero-order valence-electron chi connectivity index (χ0n) is 15.3. The van der Waals surface area contributed by atoms with E-state index < -0.39 is 20.6 Å². The van der Waals surface area contributed by atoms with Crippen LogP contribution in [0.25, 0.3) is 6.08 Å². The lowest BCUT2D eigenvalue weighted by molar-refractivity contribution is -0.387. The van der Waals surface area contributed by atoms with E-state index in [9.17, 15) is 23.3 Å². The molecule has 1 aliphatic rings. The summed E-state index contributed by atoms with van der Waals surface area (Å²) in [5, 5.41) is 11.2.